The largest absolute Gasteiger partial charge is 0.326 e. The van der Waals surface area contributed by atoms with E-state index in [0.717, 1.165) is 33.4 Å². The summed E-state index contributed by atoms with van der Waals surface area (Å²) in [5, 5.41) is 18.1. The fourth-order valence-electron chi connectivity index (χ4n) is 2.83. The number of aromatic nitrogens is 4. The molecular weight excluding hydrogens is 302 g/mol. The molecular formula is C18H15N5O. The summed E-state index contributed by atoms with van der Waals surface area (Å²) in [6, 6.07) is 15.5. The van der Waals surface area contributed by atoms with E-state index in [1.165, 1.54) is 6.92 Å². The van der Waals surface area contributed by atoms with Crippen LogP contribution in [0.15, 0.2) is 48.5 Å². The van der Waals surface area contributed by atoms with Gasteiger partial charge in [-0.1, -0.05) is 24.3 Å². The lowest BCUT2D eigenvalue weighted by Crippen LogP contribution is -2.05. The second-order valence-corrected chi connectivity index (χ2v) is 5.65. The third-order valence-corrected chi connectivity index (χ3v) is 3.91. The van der Waals surface area contributed by atoms with Crippen LogP contribution in [0.1, 0.15) is 12.6 Å². The Morgan fingerprint density at radius 3 is 2.42 bits per heavy atom. The zero-order valence-corrected chi connectivity index (χ0v) is 13.3. The molecule has 1 N–H and O–H groups in total. The van der Waals surface area contributed by atoms with Crippen LogP contribution in [0.3, 0.4) is 0 Å². The van der Waals surface area contributed by atoms with Gasteiger partial charge in [0.05, 0.1) is 5.69 Å². The van der Waals surface area contributed by atoms with Crippen molar-refractivity contribution in [2.75, 3.05) is 5.32 Å². The maximum atomic E-state index is 11.1. The van der Waals surface area contributed by atoms with Crippen molar-refractivity contribution in [2.45, 2.75) is 13.8 Å². The highest BCUT2D eigenvalue weighted by Crippen LogP contribution is 2.25. The molecule has 2 aromatic heterocycles. The molecule has 2 heterocycles. The van der Waals surface area contributed by atoms with Crippen LogP contribution >= 0.6 is 0 Å². The molecule has 1 amide bonds. The summed E-state index contributed by atoms with van der Waals surface area (Å²) in [5.41, 5.74) is 3.29. The predicted octanol–water partition coefficient (Wildman–Crippen LogP) is 3.21. The fourth-order valence-corrected chi connectivity index (χ4v) is 2.83. The van der Waals surface area contributed by atoms with Gasteiger partial charge in [0.15, 0.2) is 11.5 Å². The van der Waals surface area contributed by atoms with Gasteiger partial charge in [-0.3, -0.25) is 4.79 Å². The fraction of sp³-hybridized carbons (Fsp3) is 0.111. The lowest BCUT2D eigenvalue weighted by molar-refractivity contribution is -0.114. The first-order valence-corrected chi connectivity index (χ1v) is 7.62. The monoisotopic (exact) mass is 317 g/mol. The SMILES string of the molecule is CC(=O)Nc1ccc(-c2nnc3c4ccccc4c(C)nn23)cc1. The molecule has 0 saturated heterocycles. The molecule has 118 valence electrons. The summed E-state index contributed by atoms with van der Waals surface area (Å²) in [6.45, 7) is 3.46. The third-order valence-electron chi connectivity index (χ3n) is 3.91. The van der Waals surface area contributed by atoms with Crippen LogP contribution < -0.4 is 5.32 Å². The molecule has 0 aliphatic carbocycles. The normalized spacial score (nSPS) is 11.1. The van der Waals surface area contributed by atoms with Gasteiger partial charge >= 0.3 is 0 Å². The average Bonchev–Trinajstić information content (AvgIpc) is 2.99. The molecule has 4 rings (SSSR count). The minimum atomic E-state index is -0.0977. The van der Waals surface area contributed by atoms with Gasteiger partial charge in [-0.05, 0) is 31.2 Å². The Bertz CT molecular complexity index is 1070. The maximum absolute atomic E-state index is 11.1. The molecule has 4 aromatic rings. The first-order valence-electron chi connectivity index (χ1n) is 7.62. The van der Waals surface area contributed by atoms with E-state index in [-0.39, 0.29) is 5.91 Å². The molecule has 0 saturated carbocycles. The minimum Gasteiger partial charge on any atom is -0.326 e. The Morgan fingerprint density at radius 2 is 1.71 bits per heavy atom. The first-order chi connectivity index (χ1) is 11.6. The summed E-state index contributed by atoms with van der Waals surface area (Å²) in [7, 11) is 0. The topological polar surface area (TPSA) is 72.2 Å². The molecule has 2 aromatic carbocycles. The zero-order valence-electron chi connectivity index (χ0n) is 13.3. The van der Waals surface area contributed by atoms with Gasteiger partial charge in [0.1, 0.15) is 0 Å². The van der Waals surface area contributed by atoms with Crippen molar-refractivity contribution in [3.63, 3.8) is 0 Å². The molecule has 0 aliphatic heterocycles. The lowest BCUT2D eigenvalue weighted by atomic mass is 10.1. The lowest BCUT2D eigenvalue weighted by Gasteiger charge is -2.06. The Hall–Kier alpha value is -3.28. The van der Waals surface area contributed by atoms with Crippen molar-refractivity contribution in [2.24, 2.45) is 0 Å². The van der Waals surface area contributed by atoms with E-state index in [1.807, 2.05) is 55.5 Å². The van der Waals surface area contributed by atoms with Crippen molar-refractivity contribution < 1.29 is 4.79 Å². The van der Waals surface area contributed by atoms with Crippen LogP contribution in [0.2, 0.25) is 0 Å². The molecule has 0 aliphatic rings. The number of aryl methyl sites for hydroxylation is 1. The number of carbonyl (C=O) groups excluding carboxylic acids is 1. The van der Waals surface area contributed by atoms with E-state index in [4.69, 9.17) is 0 Å². The number of fused-ring (bicyclic) bond motifs is 3. The number of nitrogens with one attached hydrogen (secondary N) is 1. The van der Waals surface area contributed by atoms with Crippen molar-refractivity contribution in [1.29, 1.82) is 0 Å². The summed E-state index contributed by atoms with van der Waals surface area (Å²) in [4.78, 5) is 11.1. The average molecular weight is 317 g/mol. The number of carbonyl (C=O) groups is 1. The standard InChI is InChI=1S/C18H15N5O/c1-11-15-5-3-4-6-16(15)18-21-20-17(23(18)22-11)13-7-9-14(10-8-13)19-12(2)24/h3-10H,1-2H3,(H,19,24). The molecule has 0 radical (unpaired) electrons. The van der Waals surface area contributed by atoms with Gasteiger partial charge in [0, 0.05) is 28.9 Å². The Morgan fingerprint density at radius 1 is 1.00 bits per heavy atom. The van der Waals surface area contributed by atoms with Crippen molar-refractivity contribution >= 4 is 28.0 Å². The van der Waals surface area contributed by atoms with Gasteiger partial charge in [0.2, 0.25) is 5.91 Å². The Kier molecular flexibility index (Phi) is 3.23. The third kappa shape index (κ3) is 2.28. The summed E-state index contributed by atoms with van der Waals surface area (Å²) in [6.07, 6.45) is 0. The zero-order chi connectivity index (χ0) is 16.7. The van der Waals surface area contributed by atoms with Crippen molar-refractivity contribution in [3.8, 4) is 11.4 Å². The highest BCUT2D eigenvalue weighted by Gasteiger charge is 2.13. The smallest absolute Gasteiger partial charge is 0.221 e. The Balaban J connectivity index is 1.87. The van der Waals surface area contributed by atoms with Gasteiger partial charge in [0.25, 0.3) is 0 Å². The van der Waals surface area contributed by atoms with Crippen molar-refractivity contribution in [3.05, 3.63) is 54.2 Å². The first kappa shape index (κ1) is 14.3. The molecule has 6 nitrogen and oxygen atoms in total. The number of anilines is 1. The molecule has 0 atom stereocenters. The number of benzene rings is 2. The van der Waals surface area contributed by atoms with Gasteiger partial charge in [-0.25, -0.2) is 0 Å². The summed E-state index contributed by atoms with van der Waals surface area (Å²) >= 11 is 0. The van der Waals surface area contributed by atoms with E-state index in [0.29, 0.717) is 5.82 Å². The maximum Gasteiger partial charge on any atom is 0.221 e. The van der Waals surface area contributed by atoms with E-state index in [1.54, 1.807) is 4.52 Å². The molecule has 0 spiro atoms. The second-order valence-electron chi connectivity index (χ2n) is 5.65. The second kappa shape index (κ2) is 5.42. The van der Waals surface area contributed by atoms with Crippen LogP contribution in [0, 0.1) is 6.92 Å². The highest BCUT2D eigenvalue weighted by molar-refractivity contribution is 5.95. The van der Waals surface area contributed by atoms with Gasteiger partial charge in [-0.2, -0.15) is 9.61 Å². The van der Waals surface area contributed by atoms with E-state index < -0.39 is 0 Å². The predicted molar refractivity (Wildman–Crippen MR) is 92.8 cm³/mol. The molecule has 6 heteroatoms. The van der Waals surface area contributed by atoms with E-state index >= 15 is 0 Å². The van der Waals surface area contributed by atoms with Crippen LogP contribution in [0.5, 0.6) is 0 Å². The minimum absolute atomic E-state index is 0.0977. The number of amides is 1. The quantitative estimate of drug-likeness (QED) is 0.616. The highest BCUT2D eigenvalue weighted by atomic mass is 16.1. The molecule has 0 bridgehead atoms. The van der Waals surface area contributed by atoms with Crippen LogP contribution in [0.4, 0.5) is 5.69 Å². The van der Waals surface area contributed by atoms with E-state index in [9.17, 15) is 4.79 Å². The number of hydrogen-bond acceptors (Lipinski definition) is 4. The number of nitrogens with zero attached hydrogens (tertiary/aromatic N) is 4. The summed E-state index contributed by atoms with van der Waals surface area (Å²) in [5.74, 6) is 0.577. The van der Waals surface area contributed by atoms with E-state index in [2.05, 4.69) is 20.6 Å². The van der Waals surface area contributed by atoms with Crippen LogP contribution in [0.25, 0.3) is 27.8 Å². The van der Waals surface area contributed by atoms with Gasteiger partial charge in [-0.15, -0.1) is 10.2 Å². The number of rotatable bonds is 2. The molecule has 0 fully saturated rings. The van der Waals surface area contributed by atoms with Crippen molar-refractivity contribution in [1.82, 2.24) is 19.8 Å². The van der Waals surface area contributed by atoms with Crippen LogP contribution in [-0.4, -0.2) is 25.7 Å². The Labute approximate surface area is 138 Å². The molecule has 0 unspecified atom stereocenters. The van der Waals surface area contributed by atoms with Crippen LogP contribution in [-0.2, 0) is 4.79 Å². The summed E-state index contributed by atoms with van der Waals surface area (Å²) < 4.78 is 1.77. The number of hydrogen-bond donors (Lipinski definition) is 1. The van der Waals surface area contributed by atoms with Gasteiger partial charge < -0.3 is 5.32 Å². The molecule has 24 heavy (non-hydrogen) atoms.